The molecule has 0 aromatic carbocycles. The molecule has 32 heavy (non-hydrogen) atoms. The van der Waals surface area contributed by atoms with Crippen LogP contribution < -0.4 is 22.1 Å². The Kier molecular flexibility index (Phi) is 6.52. The number of fused-ring (bicyclic) bond motifs is 1. The Hall–Kier alpha value is -3.24. The van der Waals surface area contributed by atoms with Crippen molar-refractivity contribution in [1.29, 1.82) is 0 Å². The van der Waals surface area contributed by atoms with E-state index >= 15 is 0 Å². The number of hydrogen-bond donors (Lipinski definition) is 4. The molecule has 0 aliphatic heterocycles. The highest BCUT2D eigenvalue weighted by Gasteiger charge is 2.24. The van der Waals surface area contributed by atoms with Crippen molar-refractivity contribution in [2.45, 2.75) is 44.3 Å². The van der Waals surface area contributed by atoms with Crippen LogP contribution in [-0.2, 0) is 11.3 Å². The third-order valence-corrected chi connectivity index (χ3v) is 5.83. The minimum Gasteiger partial charge on any atom is -0.383 e. The van der Waals surface area contributed by atoms with Crippen molar-refractivity contribution in [3.05, 3.63) is 42.0 Å². The standard InChI is InChI=1S/C22H28FN7O2/c1-32-11-10-30-9-7-13-17(6-8-26-22(13)30)27-20-14(19(25)31)12-15(23)21(29-20)28-18-5-3-2-4-16(18)24/h6-9,12,16,18H,2-5,10-11,24H2,1H3,(H2,25,31)(H2,26,27,28,29)/t16-,18+/m0/s1. The normalized spacial score (nSPS) is 18.6. The molecule has 10 heteroatoms. The summed E-state index contributed by atoms with van der Waals surface area (Å²) in [6.07, 6.45) is 7.35. The Morgan fingerprint density at radius 3 is 2.88 bits per heavy atom. The zero-order valence-corrected chi connectivity index (χ0v) is 18.0. The van der Waals surface area contributed by atoms with E-state index in [0.717, 1.165) is 42.8 Å². The third kappa shape index (κ3) is 4.51. The minimum absolute atomic E-state index is 0.0372. The number of carbonyl (C=O) groups excluding carboxylic acids is 1. The lowest BCUT2D eigenvalue weighted by atomic mass is 9.91. The maximum atomic E-state index is 14.8. The Balaban J connectivity index is 1.68. The van der Waals surface area contributed by atoms with E-state index in [1.807, 2.05) is 16.8 Å². The van der Waals surface area contributed by atoms with Crippen molar-refractivity contribution >= 4 is 34.3 Å². The molecule has 0 bridgehead atoms. The largest absolute Gasteiger partial charge is 0.383 e. The van der Waals surface area contributed by atoms with E-state index in [1.165, 1.54) is 0 Å². The summed E-state index contributed by atoms with van der Waals surface area (Å²) in [5.74, 6) is -1.21. The number of nitrogens with zero attached hydrogens (tertiary/aromatic N) is 3. The number of anilines is 3. The second-order valence-corrected chi connectivity index (χ2v) is 8.00. The van der Waals surface area contributed by atoms with Crippen LogP contribution in [0.5, 0.6) is 0 Å². The van der Waals surface area contributed by atoms with E-state index in [4.69, 9.17) is 16.2 Å². The summed E-state index contributed by atoms with van der Waals surface area (Å²) >= 11 is 0. The molecule has 1 aliphatic rings. The topological polar surface area (TPSA) is 133 Å². The smallest absolute Gasteiger partial charge is 0.252 e. The summed E-state index contributed by atoms with van der Waals surface area (Å²) in [6, 6.07) is 4.62. The number of nitrogens with two attached hydrogens (primary N) is 2. The number of ether oxygens (including phenoxy) is 1. The van der Waals surface area contributed by atoms with E-state index in [-0.39, 0.29) is 29.3 Å². The summed E-state index contributed by atoms with van der Waals surface area (Å²) in [5.41, 5.74) is 13.1. The van der Waals surface area contributed by atoms with Gasteiger partial charge in [-0.3, -0.25) is 4.79 Å². The molecule has 3 heterocycles. The molecule has 0 unspecified atom stereocenters. The fraction of sp³-hybridized carbons (Fsp3) is 0.409. The molecular formula is C22H28FN7O2. The third-order valence-electron chi connectivity index (χ3n) is 5.83. The average Bonchev–Trinajstić information content (AvgIpc) is 3.19. The van der Waals surface area contributed by atoms with E-state index in [1.54, 1.807) is 19.4 Å². The van der Waals surface area contributed by atoms with Crippen molar-refractivity contribution in [3.8, 4) is 0 Å². The number of halogens is 1. The highest BCUT2D eigenvalue weighted by Crippen LogP contribution is 2.29. The van der Waals surface area contributed by atoms with Gasteiger partial charge >= 0.3 is 0 Å². The lowest BCUT2D eigenvalue weighted by Crippen LogP contribution is -2.43. The number of aromatic nitrogens is 3. The van der Waals surface area contributed by atoms with E-state index < -0.39 is 11.7 Å². The molecule has 0 saturated heterocycles. The fourth-order valence-corrected chi connectivity index (χ4v) is 4.08. The highest BCUT2D eigenvalue weighted by atomic mass is 19.1. The minimum atomic E-state index is -0.775. The first-order valence-corrected chi connectivity index (χ1v) is 10.7. The second kappa shape index (κ2) is 9.49. The number of pyridine rings is 2. The Labute approximate surface area is 185 Å². The number of amides is 1. The summed E-state index contributed by atoms with van der Waals surface area (Å²) < 4.78 is 21.9. The Morgan fingerprint density at radius 2 is 2.12 bits per heavy atom. The van der Waals surface area contributed by atoms with Crippen LogP contribution in [-0.4, -0.2) is 46.2 Å². The summed E-state index contributed by atoms with van der Waals surface area (Å²) in [4.78, 5) is 20.8. The van der Waals surface area contributed by atoms with Crippen LogP contribution in [0.3, 0.4) is 0 Å². The number of methoxy groups -OCH3 is 1. The molecule has 4 rings (SSSR count). The molecule has 6 N–H and O–H groups in total. The van der Waals surface area contributed by atoms with Crippen molar-refractivity contribution in [2.75, 3.05) is 24.4 Å². The molecule has 0 spiro atoms. The second-order valence-electron chi connectivity index (χ2n) is 8.00. The van der Waals surface area contributed by atoms with Gasteiger partial charge in [-0.1, -0.05) is 12.8 Å². The van der Waals surface area contributed by atoms with Gasteiger partial charge in [0.1, 0.15) is 11.5 Å². The quantitative estimate of drug-likeness (QED) is 0.422. The van der Waals surface area contributed by atoms with Gasteiger partial charge in [0.05, 0.1) is 17.9 Å². The lowest BCUT2D eigenvalue weighted by molar-refractivity contribution is 0.100. The number of hydrogen-bond acceptors (Lipinski definition) is 7. The van der Waals surface area contributed by atoms with Gasteiger partial charge in [0, 0.05) is 43.5 Å². The van der Waals surface area contributed by atoms with Gasteiger partial charge in [0.15, 0.2) is 11.6 Å². The van der Waals surface area contributed by atoms with Crippen LogP contribution in [0.4, 0.5) is 21.7 Å². The zero-order valence-electron chi connectivity index (χ0n) is 18.0. The molecule has 1 amide bonds. The summed E-state index contributed by atoms with van der Waals surface area (Å²) in [6.45, 7) is 1.19. The fourth-order valence-electron chi connectivity index (χ4n) is 4.08. The van der Waals surface area contributed by atoms with Crippen molar-refractivity contribution < 1.29 is 13.9 Å². The molecule has 3 aromatic rings. The molecule has 9 nitrogen and oxygen atoms in total. The SMILES string of the molecule is COCCn1ccc2c(Nc3nc(N[C@@H]4CCCC[C@@H]4N)c(F)cc3C(N)=O)ccnc21. The Morgan fingerprint density at radius 1 is 1.31 bits per heavy atom. The van der Waals surface area contributed by atoms with Crippen LogP contribution in [0.15, 0.2) is 30.6 Å². The molecule has 3 aromatic heterocycles. The maximum Gasteiger partial charge on any atom is 0.252 e. The molecule has 1 saturated carbocycles. The van der Waals surface area contributed by atoms with Gasteiger partial charge < -0.3 is 31.4 Å². The van der Waals surface area contributed by atoms with Gasteiger partial charge in [0.25, 0.3) is 5.91 Å². The van der Waals surface area contributed by atoms with E-state index in [2.05, 4.69) is 20.6 Å². The van der Waals surface area contributed by atoms with Crippen molar-refractivity contribution in [2.24, 2.45) is 11.5 Å². The first-order chi connectivity index (χ1) is 15.5. The van der Waals surface area contributed by atoms with Crippen molar-refractivity contribution in [1.82, 2.24) is 14.5 Å². The van der Waals surface area contributed by atoms with Crippen LogP contribution in [0.25, 0.3) is 11.0 Å². The van der Waals surface area contributed by atoms with Gasteiger partial charge in [-0.25, -0.2) is 14.4 Å². The number of rotatable bonds is 8. The summed E-state index contributed by atoms with van der Waals surface area (Å²) in [7, 11) is 1.64. The molecular weight excluding hydrogens is 413 g/mol. The van der Waals surface area contributed by atoms with Gasteiger partial charge in [-0.15, -0.1) is 0 Å². The molecule has 2 atom stereocenters. The van der Waals surface area contributed by atoms with Crippen LogP contribution in [0.1, 0.15) is 36.0 Å². The molecule has 1 aliphatic carbocycles. The lowest BCUT2D eigenvalue weighted by Gasteiger charge is -2.30. The number of nitrogens with one attached hydrogen (secondary N) is 2. The van der Waals surface area contributed by atoms with E-state index in [0.29, 0.717) is 18.8 Å². The number of carbonyl (C=O) groups is 1. The van der Waals surface area contributed by atoms with Gasteiger partial charge in [-0.2, -0.15) is 0 Å². The number of primary amides is 1. The average molecular weight is 442 g/mol. The van der Waals surface area contributed by atoms with Crippen molar-refractivity contribution in [3.63, 3.8) is 0 Å². The van der Waals surface area contributed by atoms with Crippen LogP contribution in [0.2, 0.25) is 0 Å². The molecule has 0 radical (unpaired) electrons. The predicted octanol–water partition coefficient (Wildman–Crippen LogP) is 2.74. The van der Waals surface area contributed by atoms with Gasteiger partial charge in [0.2, 0.25) is 0 Å². The first-order valence-electron chi connectivity index (χ1n) is 10.7. The monoisotopic (exact) mass is 441 g/mol. The molecule has 170 valence electrons. The first kappa shape index (κ1) is 22.0. The maximum absolute atomic E-state index is 14.8. The zero-order chi connectivity index (χ0) is 22.7. The molecule has 1 fully saturated rings. The summed E-state index contributed by atoms with van der Waals surface area (Å²) in [5, 5.41) is 7.10. The highest BCUT2D eigenvalue weighted by molar-refractivity contribution is 6.00. The van der Waals surface area contributed by atoms with Crippen LogP contribution in [0, 0.1) is 5.82 Å². The van der Waals surface area contributed by atoms with Gasteiger partial charge in [-0.05, 0) is 31.0 Å². The predicted molar refractivity (Wildman–Crippen MR) is 121 cm³/mol. The van der Waals surface area contributed by atoms with E-state index in [9.17, 15) is 9.18 Å². The van der Waals surface area contributed by atoms with Crippen LogP contribution >= 0.6 is 0 Å². The Bertz CT molecular complexity index is 1120.